The van der Waals surface area contributed by atoms with Crippen molar-refractivity contribution in [1.82, 2.24) is 19.7 Å². The van der Waals surface area contributed by atoms with Crippen molar-refractivity contribution in [3.8, 4) is 11.1 Å². The van der Waals surface area contributed by atoms with E-state index >= 15 is 0 Å². The Balaban J connectivity index is 2.25. The Bertz CT molecular complexity index is 690. The number of aryl methyl sites for hydroxylation is 1. The zero-order valence-corrected chi connectivity index (χ0v) is 10.7. The van der Waals surface area contributed by atoms with Crippen LogP contribution >= 0.6 is 15.9 Å². The fourth-order valence-corrected chi connectivity index (χ4v) is 2.33. The summed E-state index contributed by atoms with van der Waals surface area (Å²) in [6, 6.07) is 4.10. The van der Waals surface area contributed by atoms with Gasteiger partial charge < -0.3 is 0 Å². The van der Waals surface area contributed by atoms with Gasteiger partial charge in [-0.15, -0.1) is 0 Å². The van der Waals surface area contributed by atoms with Crippen LogP contribution in [0.3, 0.4) is 0 Å². The summed E-state index contributed by atoms with van der Waals surface area (Å²) in [5.74, 6) is 0. The number of benzene rings is 1. The lowest BCUT2D eigenvalue weighted by molar-refractivity contribution is 0.768. The van der Waals surface area contributed by atoms with E-state index in [1.54, 1.807) is 17.2 Å². The van der Waals surface area contributed by atoms with Gasteiger partial charge in [0, 0.05) is 34.9 Å². The summed E-state index contributed by atoms with van der Waals surface area (Å²) in [6.07, 6.45) is 7.19. The molecular weight excluding hydrogens is 280 g/mol. The molecule has 0 amide bonds. The minimum absolute atomic E-state index is 0.924. The number of hydrogen-bond donors (Lipinski definition) is 0. The standard InChI is InChI=1S/C12H9BrN4/c1-17-6-9(4-16-17)8-2-11(13)10-5-14-7-15-12(10)3-8/h2-7H,1H3. The van der Waals surface area contributed by atoms with E-state index in [1.165, 1.54) is 0 Å². The average molecular weight is 289 g/mol. The van der Waals surface area contributed by atoms with Crippen molar-refractivity contribution in [3.05, 3.63) is 41.5 Å². The third kappa shape index (κ3) is 1.82. The third-order valence-electron chi connectivity index (χ3n) is 2.61. The van der Waals surface area contributed by atoms with E-state index in [-0.39, 0.29) is 0 Å². The predicted octanol–water partition coefficient (Wildman–Crippen LogP) is 2.79. The largest absolute Gasteiger partial charge is 0.275 e. The van der Waals surface area contributed by atoms with E-state index < -0.39 is 0 Å². The first-order chi connectivity index (χ1) is 8.24. The van der Waals surface area contributed by atoms with Gasteiger partial charge in [0.25, 0.3) is 0 Å². The van der Waals surface area contributed by atoms with Gasteiger partial charge in [-0.1, -0.05) is 15.9 Å². The molecule has 84 valence electrons. The van der Waals surface area contributed by atoms with Crippen molar-refractivity contribution < 1.29 is 0 Å². The summed E-state index contributed by atoms with van der Waals surface area (Å²) in [5.41, 5.74) is 3.10. The number of nitrogens with zero attached hydrogens (tertiary/aromatic N) is 4. The average Bonchev–Trinajstić information content (AvgIpc) is 2.76. The maximum atomic E-state index is 4.27. The van der Waals surface area contributed by atoms with Gasteiger partial charge in [0.15, 0.2) is 0 Å². The minimum Gasteiger partial charge on any atom is -0.275 e. The van der Waals surface area contributed by atoms with Crippen molar-refractivity contribution in [2.75, 3.05) is 0 Å². The van der Waals surface area contributed by atoms with E-state index in [0.717, 1.165) is 26.5 Å². The zero-order chi connectivity index (χ0) is 11.8. The maximum Gasteiger partial charge on any atom is 0.116 e. The Morgan fingerprint density at radius 2 is 2.06 bits per heavy atom. The highest BCUT2D eigenvalue weighted by atomic mass is 79.9. The van der Waals surface area contributed by atoms with Gasteiger partial charge in [0.1, 0.15) is 6.33 Å². The molecule has 0 radical (unpaired) electrons. The second-order valence-electron chi connectivity index (χ2n) is 3.82. The van der Waals surface area contributed by atoms with Crippen LogP contribution in [0.1, 0.15) is 0 Å². The lowest BCUT2D eigenvalue weighted by atomic mass is 10.1. The first-order valence-electron chi connectivity index (χ1n) is 5.12. The molecule has 5 heteroatoms. The van der Waals surface area contributed by atoms with Crippen LogP contribution < -0.4 is 0 Å². The summed E-state index contributed by atoms with van der Waals surface area (Å²) in [5, 5.41) is 5.19. The summed E-state index contributed by atoms with van der Waals surface area (Å²) < 4.78 is 2.78. The number of rotatable bonds is 1. The van der Waals surface area contributed by atoms with Crippen LogP contribution in [0.25, 0.3) is 22.0 Å². The Morgan fingerprint density at radius 1 is 1.18 bits per heavy atom. The number of halogens is 1. The molecule has 0 N–H and O–H groups in total. The lowest BCUT2D eigenvalue weighted by Crippen LogP contribution is -1.85. The molecule has 17 heavy (non-hydrogen) atoms. The molecule has 0 unspecified atom stereocenters. The molecule has 0 aliphatic carbocycles. The summed E-state index contributed by atoms with van der Waals surface area (Å²) in [4.78, 5) is 8.29. The van der Waals surface area contributed by atoms with Crippen LogP contribution in [-0.2, 0) is 7.05 Å². The van der Waals surface area contributed by atoms with E-state index in [2.05, 4.69) is 37.1 Å². The highest BCUT2D eigenvalue weighted by Crippen LogP contribution is 2.29. The van der Waals surface area contributed by atoms with Gasteiger partial charge in [0.05, 0.1) is 11.7 Å². The summed E-state index contributed by atoms with van der Waals surface area (Å²) in [7, 11) is 1.90. The number of hydrogen-bond acceptors (Lipinski definition) is 3. The Kier molecular flexibility index (Phi) is 2.40. The highest BCUT2D eigenvalue weighted by Gasteiger charge is 2.06. The quantitative estimate of drug-likeness (QED) is 0.692. The minimum atomic E-state index is 0.924. The molecule has 2 heterocycles. The molecule has 3 rings (SSSR count). The monoisotopic (exact) mass is 288 g/mol. The normalized spacial score (nSPS) is 10.9. The van der Waals surface area contributed by atoms with Crippen molar-refractivity contribution in [2.24, 2.45) is 7.05 Å². The van der Waals surface area contributed by atoms with Crippen LogP contribution in [0.2, 0.25) is 0 Å². The van der Waals surface area contributed by atoms with Gasteiger partial charge in [0.2, 0.25) is 0 Å². The van der Waals surface area contributed by atoms with Crippen LogP contribution in [-0.4, -0.2) is 19.7 Å². The molecule has 1 aromatic carbocycles. The molecule has 3 aromatic rings. The lowest BCUT2D eigenvalue weighted by Gasteiger charge is -2.03. The smallest absolute Gasteiger partial charge is 0.116 e. The molecule has 0 spiro atoms. The molecule has 0 saturated carbocycles. The van der Waals surface area contributed by atoms with Crippen molar-refractivity contribution in [2.45, 2.75) is 0 Å². The summed E-state index contributed by atoms with van der Waals surface area (Å²) in [6.45, 7) is 0. The van der Waals surface area contributed by atoms with Crippen molar-refractivity contribution in [3.63, 3.8) is 0 Å². The van der Waals surface area contributed by atoms with Crippen LogP contribution in [0.4, 0.5) is 0 Å². The first-order valence-corrected chi connectivity index (χ1v) is 5.91. The Morgan fingerprint density at radius 3 is 2.82 bits per heavy atom. The fourth-order valence-electron chi connectivity index (χ4n) is 1.78. The second kappa shape index (κ2) is 3.92. The maximum absolute atomic E-state index is 4.27. The topological polar surface area (TPSA) is 43.6 Å². The second-order valence-corrected chi connectivity index (χ2v) is 4.67. The van der Waals surface area contributed by atoms with Gasteiger partial charge in [-0.3, -0.25) is 4.68 Å². The summed E-state index contributed by atoms with van der Waals surface area (Å²) >= 11 is 3.54. The fraction of sp³-hybridized carbons (Fsp3) is 0.0833. The van der Waals surface area contributed by atoms with Gasteiger partial charge in [-0.25, -0.2) is 9.97 Å². The molecular formula is C12H9BrN4. The van der Waals surface area contributed by atoms with Gasteiger partial charge >= 0.3 is 0 Å². The van der Waals surface area contributed by atoms with Gasteiger partial charge in [-0.2, -0.15) is 5.10 Å². The third-order valence-corrected chi connectivity index (χ3v) is 3.27. The molecule has 0 bridgehead atoms. The molecule has 0 aliphatic rings. The van der Waals surface area contributed by atoms with Crippen molar-refractivity contribution >= 4 is 26.8 Å². The predicted molar refractivity (Wildman–Crippen MR) is 69.4 cm³/mol. The van der Waals surface area contributed by atoms with Gasteiger partial charge in [-0.05, 0) is 17.7 Å². The van der Waals surface area contributed by atoms with Crippen molar-refractivity contribution in [1.29, 1.82) is 0 Å². The molecule has 4 nitrogen and oxygen atoms in total. The molecule has 0 fully saturated rings. The Hall–Kier alpha value is -1.75. The number of fused-ring (bicyclic) bond motifs is 1. The molecule has 2 aromatic heterocycles. The van der Waals surface area contributed by atoms with E-state index in [1.807, 2.05) is 25.5 Å². The zero-order valence-electron chi connectivity index (χ0n) is 9.13. The van der Waals surface area contributed by atoms with Crippen LogP contribution in [0.15, 0.2) is 41.5 Å². The molecule has 0 atom stereocenters. The van der Waals surface area contributed by atoms with E-state index in [9.17, 15) is 0 Å². The Labute approximate surface area is 106 Å². The molecule has 0 saturated heterocycles. The molecule has 0 aliphatic heterocycles. The van der Waals surface area contributed by atoms with Crippen LogP contribution in [0, 0.1) is 0 Å². The number of aromatic nitrogens is 4. The van der Waals surface area contributed by atoms with Crippen LogP contribution in [0.5, 0.6) is 0 Å². The SMILES string of the molecule is Cn1cc(-c2cc(Br)c3cncnc3c2)cn1. The van der Waals surface area contributed by atoms with E-state index in [0.29, 0.717) is 0 Å². The van der Waals surface area contributed by atoms with E-state index in [4.69, 9.17) is 0 Å². The highest BCUT2D eigenvalue weighted by molar-refractivity contribution is 9.10. The first kappa shape index (κ1) is 10.4.